The smallest absolute Gasteiger partial charge is 0.258 e. The Morgan fingerprint density at radius 2 is 0.659 bits per heavy atom. The third-order valence-corrected chi connectivity index (χ3v) is 27.8. The van der Waals surface area contributed by atoms with Crippen LogP contribution in [-0.4, -0.2) is 26.4 Å². The second-order valence-corrected chi connectivity index (χ2v) is 29.4. The molecule has 44 heavy (non-hydrogen) atoms. The molecule has 0 bridgehead atoms. The standard InChI is InChI=1S/C32H68O4P2S6/c1-9-17-21-29(13-5)25-33-37(39,34-26-30(14-6)22-18-10-2)41-43-44-42-38(40,35-27-31(15-7)23-19-11-3)36-28-32(16-8)24-20-12-4/h29-32H,9-28H2,1-8H3. The first-order valence-electron chi connectivity index (χ1n) is 17.7. The van der Waals surface area contributed by atoms with Gasteiger partial charge in [-0.05, 0) is 92.6 Å². The molecule has 266 valence electrons. The van der Waals surface area contributed by atoms with Crippen molar-refractivity contribution in [3.8, 4) is 0 Å². The van der Waals surface area contributed by atoms with E-state index >= 15 is 0 Å². The molecule has 0 spiro atoms. The molecule has 0 aliphatic rings. The average Bonchev–Trinajstić information content (AvgIpc) is 3.03. The first-order valence-corrected chi connectivity index (χ1v) is 29.0. The van der Waals surface area contributed by atoms with Gasteiger partial charge in [0.2, 0.25) is 0 Å². The Labute approximate surface area is 299 Å². The van der Waals surface area contributed by atoms with Crippen molar-refractivity contribution in [3.05, 3.63) is 0 Å². The summed E-state index contributed by atoms with van der Waals surface area (Å²) in [5, 5.41) is 0. The van der Waals surface area contributed by atoms with Gasteiger partial charge in [0.05, 0.1) is 26.4 Å². The summed E-state index contributed by atoms with van der Waals surface area (Å²) in [6.07, 6.45) is 18.9. The maximum Gasteiger partial charge on any atom is 0.258 e. The molecule has 4 atom stereocenters. The van der Waals surface area contributed by atoms with E-state index in [9.17, 15) is 0 Å². The molecule has 0 aliphatic heterocycles. The molecule has 4 nitrogen and oxygen atoms in total. The summed E-state index contributed by atoms with van der Waals surface area (Å²) in [4.78, 5) is 0. The van der Waals surface area contributed by atoms with Crippen LogP contribution in [0.3, 0.4) is 0 Å². The number of unbranched alkanes of at least 4 members (excludes halogenated alkanes) is 4. The minimum atomic E-state index is -2.52. The van der Waals surface area contributed by atoms with Crippen molar-refractivity contribution in [2.24, 2.45) is 23.7 Å². The van der Waals surface area contributed by atoms with E-state index in [2.05, 4.69) is 55.4 Å². The Morgan fingerprint density at radius 3 is 0.841 bits per heavy atom. The maximum atomic E-state index is 6.52. The molecule has 0 aromatic rings. The average molecular weight is 771 g/mol. The summed E-state index contributed by atoms with van der Waals surface area (Å²) in [7, 11) is 6.48. The van der Waals surface area contributed by atoms with Gasteiger partial charge < -0.3 is 18.1 Å². The van der Waals surface area contributed by atoms with Gasteiger partial charge in [0.25, 0.3) is 11.4 Å². The first-order chi connectivity index (χ1) is 21.2. The highest BCUT2D eigenvalue weighted by atomic mass is 33.8. The van der Waals surface area contributed by atoms with Gasteiger partial charge >= 0.3 is 0 Å². The topological polar surface area (TPSA) is 36.9 Å². The first kappa shape index (κ1) is 46.5. The number of rotatable bonds is 33. The summed E-state index contributed by atoms with van der Waals surface area (Å²) < 4.78 is 26.1. The predicted octanol–water partition coefficient (Wildman–Crippen LogP) is 15.0. The summed E-state index contributed by atoms with van der Waals surface area (Å²) in [5.41, 5.74) is -5.04. The van der Waals surface area contributed by atoms with Crippen LogP contribution in [0.15, 0.2) is 0 Å². The van der Waals surface area contributed by atoms with E-state index in [0.717, 1.165) is 25.7 Å². The Hall–Kier alpha value is 2.54. The van der Waals surface area contributed by atoms with Crippen molar-refractivity contribution < 1.29 is 18.1 Å². The van der Waals surface area contributed by atoms with Crippen molar-refractivity contribution in [1.29, 1.82) is 0 Å². The second kappa shape index (κ2) is 30.4. The predicted molar refractivity (Wildman–Crippen MR) is 216 cm³/mol. The fraction of sp³-hybridized carbons (Fsp3) is 1.00. The highest BCUT2D eigenvalue weighted by Crippen LogP contribution is 2.75. The fourth-order valence-electron chi connectivity index (χ4n) is 4.64. The largest absolute Gasteiger partial charge is 0.321 e. The van der Waals surface area contributed by atoms with E-state index in [0.29, 0.717) is 50.1 Å². The molecule has 0 aliphatic carbocycles. The highest BCUT2D eigenvalue weighted by molar-refractivity contribution is 9.38. The molecule has 12 heteroatoms. The van der Waals surface area contributed by atoms with Gasteiger partial charge in [-0.2, -0.15) is 0 Å². The van der Waals surface area contributed by atoms with Gasteiger partial charge in [-0.25, -0.2) is 0 Å². The summed E-state index contributed by atoms with van der Waals surface area (Å²) >= 11 is 12.3. The van der Waals surface area contributed by atoms with Gasteiger partial charge in [0.15, 0.2) is 0 Å². The van der Waals surface area contributed by atoms with Crippen LogP contribution in [0, 0.1) is 23.7 Å². The van der Waals surface area contributed by atoms with Crippen LogP contribution < -0.4 is 0 Å². The van der Waals surface area contributed by atoms with Crippen molar-refractivity contribution >= 4 is 75.5 Å². The summed E-state index contributed by atoms with van der Waals surface area (Å²) in [6, 6.07) is 0. The molecular weight excluding hydrogens is 703 g/mol. The molecule has 0 saturated heterocycles. The molecule has 0 rings (SSSR count). The SMILES string of the molecule is CCCCC(CC)COP(=S)(OCC(CC)CCCC)SSSSP(=S)(OCC(CC)CCCC)OCC(CC)CCCC. The minimum Gasteiger partial charge on any atom is -0.321 e. The zero-order valence-corrected chi connectivity index (χ0v) is 36.1. The van der Waals surface area contributed by atoms with Crippen LogP contribution in [0.4, 0.5) is 0 Å². The lowest BCUT2D eigenvalue weighted by Crippen LogP contribution is -2.11. The molecule has 0 amide bonds. The zero-order chi connectivity index (χ0) is 33.1. The molecule has 0 fully saturated rings. The Balaban J connectivity index is 5.46. The summed E-state index contributed by atoms with van der Waals surface area (Å²) in [6.45, 7) is 20.7. The third kappa shape index (κ3) is 23.8. The Kier molecular flexibility index (Phi) is 32.1. The molecular formula is C32H68O4P2S6. The van der Waals surface area contributed by atoms with Crippen molar-refractivity contribution in [2.75, 3.05) is 26.4 Å². The van der Waals surface area contributed by atoms with Crippen LogP contribution in [0.25, 0.3) is 0 Å². The lowest BCUT2D eigenvalue weighted by Gasteiger charge is -2.27. The van der Waals surface area contributed by atoms with Crippen LogP contribution in [-0.2, 0) is 41.7 Å². The van der Waals surface area contributed by atoms with Gasteiger partial charge in [-0.15, -0.1) is 0 Å². The molecule has 0 radical (unpaired) electrons. The van der Waals surface area contributed by atoms with Gasteiger partial charge in [-0.3, -0.25) is 0 Å². The van der Waals surface area contributed by atoms with Gasteiger partial charge in [0, 0.05) is 20.8 Å². The molecule has 4 unspecified atom stereocenters. The zero-order valence-electron chi connectivity index (χ0n) is 29.4. The van der Waals surface area contributed by atoms with Crippen molar-refractivity contribution in [3.63, 3.8) is 0 Å². The number of hydrogen-bond donors (Lipinski definition) is 0. The van der Waals surface area contributed by atoms with Crippen LogP contribution in [0.1, 0.15) is 158 Å². The monoisotopic (exact) mass is 770 g/mol. The van der Waals surface area contributed by atoms with Crippen LogP contribution >= 0.6 is 51.9 Å². The lowest BCUT2D eigenvalue weighted by molar-refractivity contribution is 0.188. The maximum absolute atomic E-state index is 6.52. The lowest BCUT2D eigenvalue weighted by atomic mass is 10.0. The Bertz CT molecular complexity index is 644. The molecule has 0 aromatic carbocycles. The normalized spacial score (nSPS) is 17.5. The fourth-order valence-corrected chi connectivity index (χ4v) is 26.1. The minimum absolute atomic E-state index is 0.530. The van der Waals surface area contributed by atoms with Gasteiger partial charge in [0.1, 0.15) is 0 Å². The van der Waals surface area contributed by atoms with Gasteiger partial charge in [-0.1, -0.05) is 132 Å². The third-order valence-electron chi connectivity index (χ3n) is 8.32. The quantitative estimate of drug-likeness (QED) is 0.0366. The van der Waals surface area contributed by atoms with E-state index < -0.39 is 11.4 Å². The van der Waals surface area contributed by atoms with E-state index in [4.69, 9.17) is 41.7 Å². The van der Waals surface area contributed by atoms with E-state index in [-0.39, 0.29) is 0 Å². The van der Waals surface area contributed by atoms with E-state index in [1.54, 1.807) is 40.5 Å². The van der Waals surface area contributed by atoms with Crippen molar-refractivity contribution in [1.82, 2.24) is 0 Å². The summed E-state index contributed by atoms with van der Waals surface area (Å²) in [5.74, 6) is 2.12. The molecule has 0 N–H and O–H groups in total. The van der Waals surface area contributed by atoms with E-state index in [1.165, 1.54) is 77.0 Å². The Morgan fingerprint density at radius 1 is 0.432 bits per heavy atom. The van der Waals surface area contributed by atoms with E-state index in [1.807, 2.05) is 0 Å². The van der Waals surface area contributed by atoms with Crippen LogP contribution in [0.5, 0.6) is 0 Å². The molecule has 0 heterocycles. The molecule has 0 saturated carbocycles. The highest BCUT2D eigenvalue weighted by Gasteiger charge is 2.28. The van der Waals surface area contributed by atoms with Crippen molar-refractivity contribution in [2.45, 2.75) is 158 Å². The van der Waals surface area contributed by atoms with Crippen LogP contribution in [0.2, 0.25) is 0 Å². The molecule has 0 aromatic heterocycles. The second-order valence-electron chi connectivity index (χ2n) is 12.0. The number of hydrogen-bond acceptors (Lipinski definition) is 10.